The lowest BCUT2D eigenvalue weighted by Gasteiger charge is -2.42. The fraction of sp³-hybridized carbons (Fsp3) is 0.462. The molecule has 4 rings (SSSR count). The highest BCUT2D eigenvalue weighted by molar-refractivity contribution is 5.99. The fourth-order valence-corrected chi connectivity index (χ4v) is 4.53. The van der Waals surface area contributed by atoms with Gasteiger partial charge >= 0.3 is 0 Å². The van der Waals surface area contributed by atoms with E-state index in [1.54, 1.807) is 49.5 Å². The number of carbonyl (C=O) groups excluding carboxylic acids is 3. The maximum Gasteiger partial charge on any atom is 0.257 e. The molecule has 2 aliphatic rings. The highest BCUT2D eigenvalue weighted by Gasteiger charge is 2.39. The van der Waals surface area contributed by atoms with Crippen LogP contribution >= 0.6 is 0 Å². The lowest BCUT2D eigenvalue weighted by molar-refractivity contribution is -0.134. The molecule has 3 heterocycles. The van der Waals surface area contributed by atoms with Gasteiger partial charge in [0, 0.05) is 38.1 Å². The number of pyridine rings is 1. The van der Waals surface area contributed by atoms with E-state index >= 15 is 0 Å². The van der Waals surface area contributed by atoms with Crippen LogP contribution in [-0.4, -0.2) is 66.1 Å². The molecule has 0 spiro atoms. The zero-order valence-electron chi connectivity index (χ0n) is 20.2. The van der Waals surface area contributed by atoms with Crippen molar-refractivity contribution in [3.8, 4) is 5.75 Å². The van der Waals surface area contributed by atoms with Crippen LogP contribution in [0.2, 0.25) is 0 Å². The van der Waals surface area contributed by atoms with Gasteiger partial charge in [-0.1, -0.05) is 6.92 Å². The fourth-order valence-electron chi connectivity index (χ4n) is 4.53. The van der Waals surface area contributed by atoms with Crippen molar-refractivity contribution >= 4 is 23.4 Å². The van der Waals surface area contributed by atoms with E-state index in [0.717, 1.165) is 12.0 Å². The summed E-state index contributed by atoms with van der Waals surface area (Å²) >= 11 is 0. The number of rotatable bonds is 7. The van der Waals surface area contributed by atoms with Gasteiger partial charge in [-0.05, 0) is 55.2 Å². The Morgan fingerprint density at radius 3 is 2.71 bits per heavy atom. The molecule has 1 fully saturated rings. The number of carbonyl (C=O) groups is 3. The predicted octanol–water partition coefficient (Wildman–Crippen LogP) is 2.56. The summed E-state index contributed by atoms with van der Waals surface area (Å²) in [5.74, 6) is 0.101. The van der Waals surface area contributed by atoms with E-state index in [-0.39, 0.29) is 49.0 Å². The highest BCUT2D eigenvalue weighted by Crippen LogP contribution is 2.32. The summed E-state index contributed by atoms with van der Waals surface area (Å²) < 4.78 is 12.2. The standard InChI is InChI=1S/C26H32N4O5/c1-3-24(31)29-18-4-7-22-20(14-18)26(33)30(2)21-6-5-19(35-23(21)16-34-22)15-25(32)28-13-10-17-8-11-27-12-9-17/h4,7-9,11-12,14,19,21,23H,3,5-6,10,13,15-16H2,1-2H3,(H,28,32)(H,29,31)/t19-,21-,23-/m0/s1. The smallest absolute Gasteiger partial charge is 0.257 e. The molecular formula is C26H32N4O5. The van der Waals surface area contributed by atoms with Crippen LogP contribution in [-0.2, 0) is 20.7 Å². The van der Waals surface area contributed by atoms with Crippen molar-refractivity contribution in [2.24, 2.45) is 0 Å². The lowest BCUT2D eigenvalue weighted by Crippen LogP contribution is -2.54. The van der Waals surface area contributed by atoms with Crippen LogP contribution in [0, 0.1) is 0 Å². The summed E-state index contributed by atoms with van der Waals surface area (Å²) in [7, 11) is 1.77. The maximum atomic E-state index is 13.3. The quantitative estimate of drug-likeness (QED) is 0.630. The van der Waals surface area contributed by atoms with Gasteiger partial charge in [0.15, 0.2) is 0 Å². The van der Waals surface area contributed by atoms with Gasteiger partial charge in [-0.2, -0.15) is 0 Å². The Kier molecular flexibility index (Phi) is 7.97. The van der Waals surface area contributed by atoms with Crippen molar-refractivity contribution in [3.05, 3.63) is 53.9 Å². The lowest BCUT2D eigenvalue weighted by atomic mass is 9.94. The second-order valence-corrected chi connectivity index (χ2v) is 8.94. The molecule has 0 bridgehead atoms. The molecule has 2 N–H and O–H groups in total. The van der Waals surface area contributed by atoms with Crippen molar-refractivity contribution in [2.75, 3.05) is 25.5 Å². The molecule has 2 aromatic rings. The summed E-state index contributed by atoms with van der Waals surface area (Å²) in [6.45, 7) is 2.60. The topological polar surface area (TPSA) is 110 Å². The summed E-state index contributed by atoms with van der Waals surface area (Å²) in [6.07, 6.45) is 5.68. The van der Waals surface area contributed by atoms with Crippen molar-refractivity contribution in [1.29, 1.82) is 0 Å². The minimum absolute atomic E-state index is 0.0503. The minimum atomic E-state index is -0.333. The Balaban J connectivity index is 1.35. The first kappa shape index (κ1) is 24.7. The summed E-state index contributed by atoms with van der Waals surface area (Å²) in [5, 5.41) is 5.75. The summed E-state index contributed by atoms with van der Waals surface area (Å²) in [5.41, 5.74) is 2.10. The number of hydrogen-bond donors (Lipinski definition) is 2. The molecule has 9 heteroatoms. The van der Waals surface area contributed by atoms with Crippen molar-refractivity contribution < 1.29 is 23.9 Å². The zero-order valence-corrected chi connectivity index (χ0v) is 20.2. The molecule has 1 aromatic heterocycles. The maximum absolute atomic E-state index is 13.3. The monoisotopic (exact) mass is 480 g/mol. The molecule has 3 atom stereocenters. The normalized spacial score (nSPS) is 21.6. The highest BCUT2D eigenvalue weighted by atomic mass is 16.5. The van der Waals surface area contributed by atoms with Gasteiger partial charge in [-0.15, -0.1) is 0 Å². The third-order valence-corrected chi connectivity index (χ3v) is 6.51. The van der Waals surface area contributed by atoms with Gasteiger partial charge < -0.3 is 25.0 Å². The average molecular weight is 481 g/mol. The van der Waals surface area contributed by atoms with Crippen LogP contribution in [0.5, 0.6) is 5.75 Å². The van der Waals surface area contributed by atoms with Crippen LogP contribution in [0.25, 0.3) is 0 Å². The third-order valence-electron chi connectivity index (χ3n) is 6.51. The number of likely N-dealkylation sites (N-methyl/N-ethyl adjacent to an activating group) is 1. The van der Waals surface area contributed by atoms with E-state index in [2.05, 4.69) is 15.6 Å². The minimum Gasteiger partial charge on any atom is -0.490 e. The van der Waals surface area contributed by atoms with Gasteiger partial charge in [0.05, 0.1) is 24.1 Å². The molecule has 186 valence electrons. The van der Waals surface area contributed by atoms with Gasteiger partial charge in [0.2, 0.25) is 11.8 Å². The molecule has 0 unspecified atom stereocenters. The number of anilines is 1. The van der Waals surface area contributed by atoms with Gasteiger partial charge in [-0.25, -0.2) is 0 Å². The van der Waals surface area contributed by atoms with Gasteiger partial charge in [0.25, 0.3) is 5.91 Å². The van der Waals surface area contributed by atoms with Gasteiger partial charge in [-0.3, -0.25) is 19.4 Å². The molecular weight excluding hydrogens is 448 g/mol. The number of aromatic nitrogens is 1. The number of fused-ring (bicyclic) bond motifs is 2. The third kappa shape index (κ3) is 6.16. The number of nitrogens with zero attached hydrogens (tertiary/aromatic N) is 2. The van der Waals surface area contributed by atoms with E-state index in [1.807, 2.05) is 12.1 Å². The van der Waals surface area contributed by atoms with Crippen LogP contribution < -0.4 is 15.4 Å². The van der Waals surface area contributed by atoms with Gasteiger partial charge in [0.1, 0.15) is 18.5 Å². The summed E-state index contributed by atoms with van der Waals surface area (Å²) in [4.78, 5) is 43.2. The number of nitrogens with one attached hydrogen (secondary N) is 2. The first-order valence-corrected chi connectivity index (χ1v) is 12.1. The number of ether oxygens (including phenoxy) is 2. The molecule has 9 nitrogen and oxygen atoms in total. The van der Waals surface area contributed by atoms with Crippen LogP contribution in [0.15, 0.2) is 42.7 Å². The largest absolute Gasteiger partial charge is 0.490 e. The van der Waals surface area contributed by atoms with E-state index in [0.29, 0.717) is 42.8 Å². The predicted molar refractivity (Wildman–Crippen MR) is 130 cm³/mol. The van der Waals surface area contributed by atoms with E-state index < -0.39 is 0 Å². The average Bonchev–Trinajstić information content (AvgIpc) is 2.87. The Labute approximate surface area is 205 Å². The molecule has 1 saturated heterocycles. The SMILES string of the molecule is CCC(=O)Nc1ccc2c(c1)C(=O)N(C)[C@H]1CC[C@@H](CC(=O)NCCc3ccncc3)O[C@H]1CO2. The van der Waals surface area contributed by atoms with Crippen molar-refractivity contribution in [1.82, 2.24) is 15.2 Å². The molecule has 2 aliphatic heterocycles. The molecule has 1 aromatic carbocycles. The van der Waals surface area contributed by atoms with Crippen molar-refractivity contribution in [3.63, 3.8) is 0 Å². The zero-order chi connectivity index (χ0) is 24.8. The Bertz CT molecular complexity index is 1060. The van der Waals surface area contributed by atoms with Crippen LogP contribution in [0.4, 0.5) is 5.69 Å². The summed E-state index contributed by atoms with van der Waals surface area (Å²) in [6, 6.07) is 8.79. The second kappa shape index (κ2) is 11.3. The number of hydrogen-bond acceptors (Lipinski definition) is 6. The van der Waals surface area contributed by atoms with Crippen LogP contribution in [0.3, 0.4) is 0 Å². The number of amides is 3. The molecule has 0 saturated carbocycles. The van der Waals surface area contributed by atoms with Crippen LogP contribution in [0.1, 0.15) is 48.5 Å². The van der Waals surface area contributed by atoms with Crippen molar-refractivity contribution in [2.45, 2.75) is 57.3 Å². The Hall–Kier alpha value is -3.46. The molecule has 3 amide bonds. The first-order valence-electron chi connectivity index (χ1n) is 12.1. The Morgan fingerprint density at radius 1 is 1.14 bits per heavy atom. The van der Waals surface area contributed by atoms with E-state index in [9.17, 15) is 14.4 Å². The first-order chi connectivity index (χ1) is 16.9. The molecule has 0 aliphatic carbocycles. The van der Waals surface area contributed by atoms with E-state index in [1.165, 1.54) is 0 Å². The number of benzene rings is 1. The second-order valence-electron chi connectivity index (χ2n) is 8.94. The molecule has 0 radical (unpaired) electrons. The van der Waals surface area contributed by atoms with E-state index in [4.69, 9.17) is 9.47 Å². The Morgan fingerprint density at radius 2 is 1.94 bits per heavy atom. The molecule has 35 heavy (non-hydrogen) atoms.